The zero-order chi connectivity index (χ0) is 31.4. The predicted octanol–water partition coefficient (Wildman–Crippen LogP) is 5.90. The number of amides is 2. The van der Waals surface area contributed by atoms with Gasteiger partial charge in [-0.2, -0.15) is 0 Å². The Hall–Kier alpha value is -3.76. The SMILES string of the molecule is COC(=O)[C@H](Cc1ccccc1)NC(=O)Nc1cccc([C@@H]2O[C@H](CN3CCCCCCC3)C[C@H](c3ccc(CO)cc3)O2)c1. The standard InChI is InChI=1S/C36H45N3O6/c1-43-34(41)32(21-26-11-6-5-7-12-26)38-36(42)37-30-14-10-13-29(22-30)35-44-31(24-39-19-8-3-2-4-9-20-39)23-33(45-35)28-17-15-27(25-40)16-18-28/h5-7,10-18,22,31-33,35,40H,2-4,8-9,19-21,23-25H2,1H3,(H2,37,38,42)/t31-,32-,33+,35+/m0/s1. The number of benzene rings is 3. The molecule has 0 spiro atoms. The summed E-state index contributed by atoms with van der Waals surface area (Å²) < 4.78 is 18.1. The summed E-state index contributed by atoms with van der Waals surface area (Å²) in [7, 11) is 1.31. The van der Waals surface area contributed by atoms with E-state index in [1.54, 1.807) is 6.07 Å². The molecule has 45 heavy (non-hydrogen) atoms. The Kier molecular flexibility index (Phi) is 12.0. The maximum absolute atomic E-state index is 13.0. The van der Waals surface area contributed by atoms with E-state index in [2.05, 4.69) is 15.5 Å². The number of hydrogen-bond acceptors (Lipinski definition) is 7. The molecule has 2 heterocycles. The fourth-order valence-corrected chi connectivity index (χ4v) is 6.09. The number of aliphatic hydroxyl groups excluding tert-OH is 1. The number of nitrogens with one attached hydrogen (secondary N) is 2. The number of methoxy groups -OCH3 is 1. The monoisotopic (exact) mass is 615 g/mol. The summed E-state index contributed by atoms with van der Waals surface area (Å²) >= 11 is 0. The lowest BCUT2D eigenvalue weighted by Gasteiger charge is -2.39. The van der Waals surface area contributed by atoms with Crippen LogP contribution >= 0.6 is 0 Å². The summed E-state index contributed by atoms with van der Waals surface area (Å²) in [4.78, 5) is 28.0. The third-order valence-corrected chi connectivity index (χ3v) is 8.52. The average molecular weight is 616 g/mol. The zero-order valence-electron chi connectivity index (χ0n) is 26.0. The highest BCUT2D eigenvalue weighted by molar-refractivity contribution is 5.92. The van der Waals surface area contributed by atoms with E-state index >= 15 is 0 Å². The van der Waals surface area contributed by atoms with Crippen molar-refractivity contribution in [3.05, 3.63) is 101 Å². The van der Waals surface area contributed by atoms with Gasteiger partial charge in [-0.25, -0.2) is 9.59 Å². The van der Waals surface area contributed by atoms with Crippen molar-refractivity contribution in [1.82, 2.24) is 10.2 Å². The van der Waals surface area contributed by atoms with Crippen molar-refractivity contribution < 1.29 is 28.9 Å². The second kappa shape index (κ2) is 16.5. The molecule has 3 N–H and O–H groups in total. The third-order valence-electron chi connectivity index (χ3n) is 8.52. The quantitative estimate of drug-likeness (QED) is 0.244. The molecule has 3 aromatic rings. The Balaban J connectivity index is 1.29. The van der Waals surface area contributed by atoms with E-state index in [0.29, 0.717) is 12.1 Å². The molecule has 2 fully saturated rings. The molecule has 3 aromatic carbocycles. The molecule has 0 aliphatic carbocycles. The van der Waals surface area contributed by atoms with Gasteiger partial charge in [0.05, 0.1) is 25.9 Å². The Morgan fingerprint density at radius 1 is 0.889 bits per heavy atom. The van der Waals surface area contributed by atoms with Crippen molar-refractivity contribution in [1.29, 1.82) is 0 Å². The number of hydrogen-bond donors (Lipinski definition) is 3. The fraction of sp³-hybridized carbons (Fsp3) is 0.444. The number of anilines is 1. The van der Waals surface area contributed by atoms with Crippen LogP contribution in [0.5, 0.6) is 0 Å². The minimum Gasteiger partial charge on any atom is -0.467 e. The van der Waals surface area contributed by atoms with Gasteiger partial charge in [0.15, 0.2) is 6.29 Å². The molecule has 0 saturated carbocycles. The number of esters is 1. The summed E-state index contributed by atoms with van der Waals surface area (Å²) in [5, 5.41) is 15.1. The van der Waals surface area contributed by atoms with E-state index in [4.69, 9.17) is 14.2 Å². The second-order valence-electron chi connectivity index (χ2n) is 11.9. The summed E-state index contributed by atoms with van der Waals surface area (Å²) in [6, 6.07) is 23.4. The van der Waals surface area contributed by atoms with Gasteiger partial charge in [0.2, 0.25) is 0 Å². The van der Waals surface area contributed by atoms with Crippen LogP contribution in [-0.2, 0) is 32.0 Å². The van der Waals surface area contributed by atoms with E-state index < -0.39 is 24.3 Å². The zero-order valence-corrected chi connectivity index (χ0v) is 26.0. The second-order valence-corrected chi connectivity index (χ2v) is 11.9. The van der Waals surface area contributed by atoms with Gasteiger partial charge in [0.1, 0.15) is 6.04 Å². The van der Waals surface area contributed by atoms with E-state index in [9.17, 15) is 14.7 Å². The van der Waals surface area contributed by atoms with Gasteiger partial charge in [-0.05, 0) is 54.8 Å². The number of carbonyl (C=O) groups is 2. The maximum Gasteiger partial charge on any atom is 0.328 e. The van der Waals surface area contributed by atoms with Gasteiger partial charge in [0.25, 0.3) is 0 Å². The highest BCUT2D eigenvalue weighted by atomic mass is 16.7. The van der Waals surface area contributed by atoms with Crippen molar-refractivity contribution in [2.24, 2.45) is 0 Å². The van der Waals surface area contributed by atoms with Gasteiger partial charge in [0, 0.05) is 30.6 Å². The molecule has 2 amide bonds. The smallest absolute Gasteiger partial charge is 0.328 e. The molecule has 0 aromatic heterocycles. The number of likely N-dealkylation sites (tertiary alicyclic amines) is 1. The van der Waals surface area contributed by atoms with Gasteiger partial charge < -0.3 is 34.9 Å². The van der Waals surface area contributed by atoms with E-state index in [0.717, 1.165) is 48.3 Å². The molecule has 5 rings (SSSR count). The molecule has 2 aliphatic heterocycles. The number of rotatable bonds is 10. The Labute approximate surface area is 265 Å². The van der Waals surface area contributed by atoms with Crippen molar-refractivity contribution in [2.45, 2.75) is 76.1 Å². The van der Waals surface area contributed by atoms with Crippen LogP contribution in [0.25, 0.3) is 0 Å². The first-order valence-electron chi connectivity index (χ1n) is 16.0. The first kappa shape index (κ1) is 32.6. The molecular weight excluding hydrogens is 570 g/mol. The molecular formula is C36H45N3O6. The molecule has 2 saturated heterocycles. The highest BCUT2D eigenvalue weighted by Crippen LogP contribution is 2.38. The molecule has 9 nitrogen and oxygen atoms in total. The first-order chi connectivity index (χ1) is 22.0. The molecule has 2 aliphatic rings. The summed E-state index contributed by atoms with van der Waals surface area (Å²) in [6.45, 7) is 2.98. The fourth-order valence-electron chi connectivity index (χ4n) is 6.09. The van der Waals surface area contributed by atoms with Crippen LogP contribution in [0.15, 0.2) is 78.9 Å². The van der Waals surface area contributed by atoms with Gasteiger partial charge >= 0.3 is 12.0 Å². The number of urea groups is 1. The van der Waals surface area contributed by atoms with Gasteiger partial charge in [-0.15, -0.1) is 0 Å². The largest absolute Gasteiger partial charge is 0.467 e. The Morgan fingerprint density at radius 2 is 1.62 bits per heavy atom. The number of ether oxygens (including phenoxy) is 3. The van der Waals surface area contributed by atoms with Crippen LogP contribution in [0.1, 0.15) is 73.2 Å². The van der Waals surface area contributed by atoms with Crippen molar-refractivity contribution in [3.8, 4) is 0 Å². The molecule has 0 radical (unpaired) electrons. The van der Waals surface area contributed by atoms with Crippen molar-refractivity contribution >= 4 is 17.7 Å². The molecule has 9 heteroatoms. The van der Waals surface area contributed by atoms with E-state index in [1.165, 1.54) is 39.2 Å². The van der Waals surface area contributed by atoms with E-state index in [1.807, 2.05) is 72.8 Å². The van der Waals surface area contributed by atoms with Gasteiger partial charge in [-0.3, -0.25) is 0 Å². The van der Waals surface area contributed by atoms with Crippen LogP contribution in [0.3, 0.4) is 0 Å². The lowest BCUT2D eigenvalue weighted by Crippen LogP contribution is -2.45. The summed E-state index contributed by atoms with van der Waals surface area (Å²) in [5.41, 5.74) is 4.15. The van der Waals surface area contributed by atoms with Crippen LogP contribution in [0, 0.1) is 0 Å². The molecule has 0 bridgehead atoms. The van der Waals surface area contributed by atoms with Gasteiger partial charge in [-0.1, -0.05) is 86.0 Å². The number of nitrogens with zero attached hydrogens (tertiary/aromatic N) is 1. The Morgan fingerprint density at radius 3 is 2.33 bits per heavy atom. The third kappa shape index (κ3) is 9.61. The highest BCUT2D eigenvalue weighted by Gasteiger charge is 2.33. The Bertz CT molecular complexity index is 1360. The normalized spacial score (nSPS) is 21.6. The minimum atomic E-state index is -0.840. The lowest BCUT2D eigenvalue weighted by molar-refractivity contribution is -0.253. The van der Waals surface area contributed by atoms with Crippen molar-refractivity contribution in [2.75, 3.05) is 32.1 Å². The average Bonchev–Trinajstić information content (AvgIpc) is 3.05. The summed E-state index contributed by atoms with van der Waals surface area (Å²) in [6.07, 6.45) is 6.44. The maximum atomic E-state index is 13.0. The van der Waals surface area contributed by atoms with Crippen molar-refractivity contribution in [3.63, 3.8) is 0 Å². The number of carbonyl (C=O) groups excluding carboxylic acids is 2. The molecule has 4 atom stereocenters. The van der Waals surface area contributed by atoms with Crippen LogP contribution in [0.2, 0.25) is 0 Å². The van der Waals surface area contributed by atoms with Crippen LogP contribution in [0.4, 0.5) is 10.5 Å². The summed E-state index contributed by atoms with van der Waals surface area (Å²) in [5.74, 6) is -0.518. The lowest BCUT2D eigenvalue weighted by atomic mass is 9.99. The molecule has 240 valence electrons. The predicted molar refractivity (Wildman–Crippen MR) is 172 cm³/mol. The van der Waals surface area contributed by atoms with E-state index in [-0.39, 0.29) is 18.8 Å². The molecule has 0 unspecified atom stereocenters. The topological polar surface area (TPSA) is 109 Å². The first-order valence-corrected chi connectivity index (χ1v) is 16.0. The van der Waals surface area contributed by atoms with Crippen LogP contribution < -0.4 is 10.6 Å². The van der Waals surface area contributed by atoms with Crippen LogP contribution in [-0.4, -0.2) is 60.9 Å². The number of aliphatic hydroxyl groups is 1. The minimum absolute atomic E-state index is 0.00484.